The van der Waals surface area contributed by atoms with E-state index < -0.39 is 0 Å². The summed E-state index contributed by atoms with van der Waals surface area (Å²) in [6, 6.07) is 13.0. The monoisotopic (exact) mass is 330 g/mol. The molecule has 0 aliphatic carbocycles. The van der Waals surface area contributed by atoms with E-state index in [9.17, 15) is 0 Å². The summed E-state index contributed by atoms with van der Waals surface area (Å²) >= 11 is 3.58. The first-order chi connectivity index (χ1) is 9.74. The normalized spacial score (nSPS) is 22.7. The number of nitrogens with one attached hydrogen (secondary N) is 1. The average molecular weight is 331 g/mol. The van der Waals surface area contributed by atoms with Crippen LogP contribution in [0, 0.1) is 6.92 Å². The minimum Gasteiger partial charge on any atom is -0.316 e. The molecular formula is C17H19BrN2. The lowest BCUT2D eigenvalue weighted by atomic mass is 9.78. The van der Waals surface area contributed by atoms with Gasteiger partial charge in [-0.05, 0) is 55.1 Å². The first kappa shape index (κ1) is 13.8. The molecule has 0 spiro atoms. The Labute approximate surface area is 128 Å². The Morgan fingerprint density at radius 2 is 2.05 bits per heavy atom. The zero-order valence-electron chi connectivity index (χ0n) is 11.6. The predicted octanol–water partition coefficient (Wildman–Crippen LogP) is 4.01. The molecule has 1 aliphatic heterocycles. The molecule has 2 nitrogen and oxygen atoms in total. The highest BCUT2D eigenvalue weighted by Gasteiger charge is 2.27. The number of hydrogen-bond acceptors (Lipinski definition) is 2. The van der Waals surface area contributed by atoms with Crippen molar-refractivity contribution >= 4 is 15.9 Å². The van der Waals surface area contributed by atoms with Gasteiger partial charge in [-0.2, -0.15) is 0 Å². The molecule has 0 amide bonds. The maximum atomic E-state index is 4.47. The topological polar surface area (TPSA) is 24.9 Å². The molecule has 0 bridgehead atoms. The third kappa shape index (κ3) is 2.94. The standard InChI is InChI=1S/C17H19BrN2/c1-12-5-6-14(10-20-12)16-7-8-19-11-17(16)13-3-2-4-15(18)9-13/h2-6,9-10,16-17,19H,7-8,11H2,1H3. The Morgan fingerprint density at radius 1 is 1.15 bits per heavy atom. The quantitative estimate of drug-likeness (QED) is 0.899. The number of rotatable bonds is 2. The highest BCUT2D eigenvalue weighted by molar-refractivity contribution is 9.10. The molecule has 3 rings (SSSR count). The largest absolute Gasteiger partial charge is 0.316 e. The molecule has 1 aromatic carbocycles. The van der Waals surface area contributed by atoms with Gasteiger partial charge in [0.2, 0.25) is 0 Å². The van der Waals surface area contributed by atoms with E-state index in [0.717, 1.165) is 23.3 Å². The van der Waals surface area contributed by atoms with Crippen LogP contribution in [0.15, 0.2) is 47.1 Å². The maximum Gasteiger partial charge on any atom is 0.0372 e. The van der Waals surface area contributed by atoms with Gasteiger partial charge in [0.1, 0.15) is 0 Å². The van der Waals surface area contributed by atoms with Crippen molar-refractivity contribution in [3.8, 4) is 0 Å². The molecule has 104 valence electrons. The van der Waals surface area contributed by atoms with E-state index in [0.29, 0.717) is 11.8 Å². The highest BCUT2D eigenvalue weighted by Crippen LogP contribution is 2.37. The SMILES string of the molecule is Cc1ccc(C2CCNCC2c2cccc(Br)c2)cn1. The van der Waals surface area contributed by atoms with Crippen LogP contribution in [0.1, 0.15) is 35.1 Å². The number of aromatic nitrogens is 1. The Kier molecular flexibility index (Phi) is 4.18. The van der Waals surface area contributed by atoms with E-state index in [1.807, 2.05) is 6.92 Å². The molecule has 1 aromatic heterocycles. The smallest absolute Gasteiger partial charge is 0.0372 e. The minimum absolute atomic E-state index is 0.519. The van der Waals surface area contributed by atoms with E-state index >= 15 is 0 Å². The van der Waals surface area contributed by atoms with Crippen molar-refractivity contribution in [3.05, 3.63) is 63.9 Å². The summed E-state index contributed by atoms with van der Waals surface area (Å²) in [5.41, 5.74) is 3.85. The van der Waals surface area contributed by atoms with Crippen LogP contribution in [0.3, 0.4) is 0 Å². The van der Waals surface area contributed by atoms with Crippen LogP contribution in [0.2, 0.25) is 0 Å². The summed E-state index contributed by atoms with van der Waals surface area (Å²) in [7, 11) is 0. The number of pyridine rings is 1. The summed E-state index contributed by atoms with van der Waals surface area (Å²) in [6.45, 7) is 4.16. The predicted molar refractivity (Wildman–Crippen MR) is 86.1 cm³/mol. The molecular weight excluding hydrogens is 312 g/mol. The number of halogens is 1. The molecule has 2 unspecified atom stereocenters. The molecule has 0 radical (unpaired) electrons. The third-order valence-electron chi connectivity index (χ3n) is 4.12. The fourth-order valence-corrected chi connectivity index (χ4v) is 3.46. The third-order valence-corrected chi connectivity index (χ3v) is 4.61. The van der Waals surface area contributed by atoms with Crippen LogP contribution in [0.4, 0.5) is 0 Å². The fraction of sp³-hybridized carbons (Fsp3) is 0.353. The highest BCUT2D eigenvalue weighted by atomic mass is 79.9. The number of hydrogen-bond donors (Lipinski definition) is 1. The summed E-state index contributed by atoms with van der Waals surface area (Å²) in [6.07, 6.45) is 3.22. The van der Waals surface area contributed by atoms with Gasteiger partial charge in [-0.3, -0.25) is 4.98 Å². The van der Waals surface area contributed by atoms with Crippen LogP contribution in [0.5, 0.6) is 0 Å². The first-order valence-corrected chi connectivity index (χ1v) is 7.92. The fourth-order valence-electron chi connectivity index (χ4n) is 3.04. The number of piperidine rings is 1. The molecule has 1 saturated heterocycles. The van der Waals surface area contributed by atoms with Gasteiger partial charge in [0.15, 0.2) is 0 Å². The Hall–Kier alpha value is -1.19. The number of nitrogens with zero attached hydrogens (tertiary/aromatic N) is 1. The van der Waals surface area contributed by atoms with Crippen molar-refractivity contribution in [2.75, 3.05) is 13.1 Å². The Balaban J connectivity index is 1.93. The van der Waals surface area contributed by atoms with Crippen LogP contribution in [0.25, 0.3) is 0 Å². The van der Waals surface area contributed by atoms with Gasteiger partial charge >= 0.3 is 0 Å². The molecule has 2 atom stereocenters. The van der Waals surface area contributed by atoms with Crippen molar-refractivity contribution in [1.29, 1.82) is 0 Å². The van der Waals surface area contributed by atoms with Crippen molar-refractivity contribution in [2.45, 2.75) is 25.2 Å². The van der Waals surface area contributed by atoms with E-state index in [4.69, 9.17) is 0 Å². The minimum atomic E-state index is 0.519. The molecule has 3 heteroatoms. The lowest BCUT2D eigenvalue weighted by Gasteiger charge is -2.33. The zero-order valence-corrected chi connectivity index (χ0v) is 13.2. The second-order valence-electron chi connectivity index (χ2n) is 5.49. The van der Waals surface area contributed by atoms with Crippen LogP contribution in [-0.2, 0) is 0 Å². The Morgan fingerprint density at radius 3 is 2.80 bits per heavy atom. The maximum absolute atomic E-state index is 4.47. The van der Waals surface area contributed by atoms with E-state index in [-0.39, 0.29) is 0 Å². The van der Waals surface area contributed by atoms with Crippen LogP contribution in [-0.4, -0.2) is 18.1 Å². The molecule has 1 N–H and O–H groups in total. The van der Waals surface area contributed by atoms with Crippen molar-refractivity contribution < 1.29 is 0 Å². The van der Waals surface area contributed by atoms with Gasteiger partial charge in [-0.1, -0.05) is 34.1 Å². The second kappa shape index (κ2) is 6.06. The molecule has 1 fully saturated rings. The van der Waals surface area contributed by atoms with Gasteiger partial charge < -0.3 is 5.32 Å². The summed E-state index contributed by atoms with van der Waals surface area (Å²) in [5.74, 6) is 1.07. The van der Waals surface area contributed by atoms with Crippen LogP contribution >= 0.6 is 15.9 Å². The number of aryl methyl sites for hydroxylation is 1. The summed E-state index contributed by atoms with van der Waals surface area (Å²) < 4.78 is 1.15. The lowest BCUT2D eigenvalue weighted by Crippen LogP contribution is -2.34. The second-order valence-corrected chi connectivity index (χ2v) is 6.41. The van der Waals surface area contributed by atoms with Crippen molar-refractivity contribution in [3.63, 3.8) is 0 Å². The summed E-state index contributed by atoms with van der Waals surface area (Å²) in [5, 5.41) is 3.53. The van der Waals surface area contributed by atoms with Gasteiger partial charge in [-0.25, -0.2) is 0 Å². The van der Waals surface area contributed by atoms with Gasteiger partial charge in [0, 0.05) is 28.8 Å². The summed E-state index contributed by atoms with van der Waals surface area (Å²) in [4.78, 5) is 4.47. The van der Waals surface area contributed by atoms with E-state index in [1.165, 1.54) is 17.5 Å². The van der Waals surface area contributed by atoms with Gasteiger partial charge in [-0.15, -0.1) is 0 Å². The zero-order chi connectivity index (χ0) is 13.9. The Bertz CT molecular complexity index is 580. The van der Waals surface area contributed by atoms with Crippen molar-refractivity contribution in [1.82, 2.24) is 10.3 Å². The molecule has 0 saturated carbocycles. The molecule has 20 heavy (non-hydrogen) atoms. The van der Waals surface area contributed by atoms with E-state index in [1.54, 1.807) is 0 Å². The van der Waals surface area contributed by atoms with Gasteiger partial charge in [0.25, 0.3) is 0 Å². The van der Waals surface area contributed by atoms with Gasteiger partial charge in [0.05, 0.1) is 0 Å². The van der Waals surface area contributed by atoms with Crippen molar-refractivity contribution in [2.24, 2.45) is 0 Å². The van der Waals surface area contributed by atoms with Crippen LogP contribution < -0.4 is 5.32 Å². The lowest BCUT2D eigenvalue weighted by molar-refractivity contribution is 0.403. The molecule has 1 aliphatic rings. The molecule has 2 heterocycles. The average Bonchev–Trinajstić information content (AvgIpc) is 2.48. The molecule has 2 aromatic rings. The number of benzene rings is 1. The van der Waals surface area contributed by atoms with E-state index in [2.05, 4.69) is 68.8 Å². The first-order valence-electron chi connectivity index (χ1n) is 7.13.